The van der Waals surface area contributed by atoms with Crippen LogP contribution < -0.4 is 10.2 Å². The van der Waals surface area contributed by atoms with Gasteiger partial charge in [-0.1, -0.05) is 20.8 Å². The van der Waals surface area contributed by atoms with Crippen LogP contribution in [0.25, 0.3) is 22.6 Å². The summed E-state index contributed by atoms with van der Waals surface area (Å²) in [5.74, 6) is 0.963. The number of carboxylic acid groups (broad SMARTS) is 1. The number of rotatable bonds is 7. The molecule has 0 saturated carbocycles. The van der Waals surface area contributed by atoms with Crippen molar-refractivity contribution in [1.82, 2.24) is 4.57 Å². The van der Waals surface area contributed by atoms with E-state index >= 15 is 0 Å². The van der Waals surface area contributed by atoms with Gasteiger partial charge in [0.05, 0.1) is 17.9 Å². The highest BCUT2D eigenvalue weighted by molar-refractivity contribution is 5.88. The molecule has 1 aromatic carbocycles. The van der Waals surface area contributed by atoms with Gasteiger partial charge in [-0.15, -0.1) is 0 Å². The van der Waals surface area contributed by atoms with Crippen molar-refractivity contribution >= 4 is 5.97 Å². The number of furan rings is 1. The molecule has 0 bridgehead atoms. The Hall–Kier alpha value is -3.32. The number of ether oxygens (including phenoxy) is 2. The molecule has 3 heterocycles. The summed E-state index contributed by atoms with van der Waals surface area (Å²) in [6.45, 7) is 9.35. The minimum atomic E-state index is -1.22. The van der Waals surface area contributed by atoms with Crippen LogP contribution in [0.5, 0.6) is 5.75 Å². The highest BCUT2D eigenvalue weighted by Gasteiger charge is 2.34. The van der Waals surface area contributed by atoms with E-state index in [-0.39, 0.29) is 17.0 Å². The first-order valence-corrected chi connectivity index (χ1v) is 11.5. The predicted octanol–water partition coefficient (Wildman–Crippen LogP) is 5.34. The average Bonchev–Trinajstić information content (AvgIpc) is 3.20. The van der Waals surface area contributed by atoms with Gasteiger partial charge in [0, 0.05) is 44.0 Å². The van der Waals surface area contributed by atoms with Crippen molar-refractivity contribution in [2.24, 2.45) is 5.41 Å². The second-order valence-electron chi connectivity index (χ2n) is 9.85. The predicted molar refractivity (Wildman–Crippen MR) is 130 cm³/mol. The number of aromatic carboxylic acids is 1. The molecule has 7 nitrogen and oxygen atoms in total. The first-order chi connectivity index (χ1) is 16.1. The maximum absolute atomic E-state index is 12.7. The number of fused-ring (bicyclic) bond motifs is 3. The Kier molecular flexibility index (Phi) is 6.41. The molecule has 1 unspecified atom stereocenters. The Morgan fingerprint density at radius 3 is 2.56 bits per heavy atom. The van der Waals surface area contributed by atoms with Crippen molar-refractivity contribution in [2.45, 2.75) is 46.6 Å². The SMILES string of the molecule is COCCCOc1cc2c(cc1-c1ccc(C)o1)-c1cc(=O)c(C(=O)O)cn1C(C(C)(C)C)C2. The van der Waals surface area contributed by atoms with E-state index in [0.29, 0.717) is 31.1 Å². The van der Waals surface area contributed by atoms with Crippen LogP contribution in [-0.2, 0) is 11.2 Å². The monoisotopic (exact) mass is 465 g/mol. The average molecular weight is 466 g/mol. The third-order valence-electron chi connectivity index (χ3n) is 6.30. The van der Waals surface area contributed by atoms with Crippen LogP contribution >= 0.6 is 0 Å². The summed E-state index contributed by atoms with van der Waals surface area (Å²) in [6, 6.07) is 9.23. The summed E-state index contributed by atoms with van der Waals surface area (Å²) in [4.78, 5) is 24.4. The van der Waals surface area contributed by atoms with Crippen LogP contribution in [0.15, 0.2) is 45.7 Å². The summed E-state index contributed by atoms with van der Waals surface area (Å²) in [6.07, 6.45) is 2.93. The fourth-order valence-electron chi connectivity index (χ4n) is 4.52. The first-order valence-electron chi connectivity index (χ1n) is 11.5. The third kappa shape index (κ3) is 4.53. The smallest absolute Gasteiger partial charge is 0.341 e. The number of carbonyl (C=O) groups is 1. The van der Waals surface area contributed by atoms with E-state index in [1.54, 1.807) is 7.11 Å². The van der Waals surface area contributed by atoms with Crippen molar-refractivity contribution in [2.75, 3.05) is 20.3 Å². The molecule has 0 amide bonds. The Labute approximate surface area is 198 Å². The van der Waals surface area contributed by atoms with Gasteiger partial charge in [-0.25, -0.2) is 4.79 Å². The quantitative estimate of drug-likeness (QED) is 0.474. The molecule has 1 N–H and O–H groups in total. The molecule has 1 aliphatic rings. The van der Waals surface area contributed by atoms with Gasteiger partial charge in [0.25, 0.3) is 0 Å². The Morgan fingerprint density at radius 1 is 1.18 bits per heavy atom. The number of hydrogen-bond acceptors (Lipinski definition) is 5. The van der Waals surface area contributed by atoms with Crippen molar-refractivity contribution < 1.29 is 23.8 Å². The molecule has 0 aliphatic carbocycles. The molecule has 180 valence electrons. The number of carboxylic acids is 1. The van der Waals surface area contributed by atoms with E-state index in [1.165, 1.54) is 12.3 Å². The number of methoxy groups -OCH3 is 1. The number of aryl methyl sites for hydroxylation is 1. The molecule has 4 rings (SSSR count). The van der Waals surface area contributed by atoms with E-state index in [9.17, 15) is 14.7 Å². The van der Waals surface area contributed by atoms with Crippen LogP contribution in [0, 0.1) is 12.3 Å². The maximum Gasteiger partial charge on any atom is 0.341 e. The molecule has 3 aromatic rings. The highest BCUT2D eigenvalue weighted by atomic mass is 16.5. The molecular formula is C27H31NO6. The summed E-state index contributed by atoms with van der Waals surface area (Å²) in [5, 5.41) is 9.55. The molecule has 1 atom stereocenters. The lowest BCUT2D eigenvalue weighted by Gasteiger charge is -2.39. The molecule has 0 radical (unpaired) electrons. The van der Waals surface area contributed by atoms with E-state index < -0.39 is 11.4 Å². The summed E-state index contributed by atoms with van der Waals surface area (Å²) in [5.41, 5.74) is 2.52. The zero-order chi connectivity index (χ0) is 24.6. The van der Waals surface area contributed by atoms with Gasteiger partial charge in [0.15, 0.2) is 5.43 Å². The highest BCUT2D eigenvalue weighted by Crippen LogP contribution is 2.46. The largest absolute Gasteiger partial charge is 0.493 e. The van der Waals surface area contributed by atoms with Crippen molar-refractivity contribution in [3.05, 3.63) is 63.6 Å². The number of hydrogen-bond donors (Lipinski definition) is 1. The zero-order valence-corrected chi connectivity index (χ0v) is 20.3. The van der Waals surface area contributed by atoms with Gasteiger partial charge in [0.2, 0.25) is 0 Å². The van der Waals surface area contributed by atoms with E-state index in [2.05, 4.69) is 20.8 Å². The molecule has 0 spiro atoms. The Balaban J connectivity index is 1.91. The Morgan fingerprint density at radius 2 is 1.94 bits per heavy atom. The second kappa shape index (κ2) is 9.14. The van der Waals surface area contributed by atoms with Gasteiger partial charge >= 0.3 is 5.97 Å². The second-order valence-corrected chi connectivity index (χ2v) is 9.85. The molecular weight excluding hydrogens is 434 g/mol. The minimum absolute atomic E-state index is 0.0354. The molecule has 2 aromatic heterocycles. The summed E-state index contributed by atoms with van der Waals surface area (Å²) in [7, 11) is 1.66. The van der Waals surface area contributed by atoms with E-state index in [4.69, 9.17) is 13.9 Å². The van der Waals surface area contributed by atoms with Crippen LogP contribution in [0.1, 0.15) is 54.9 Å². The molecule has 1 aliphatic heterocycles. The van der Waals surface area contributed by atoms with Crippen molar-refractivity contribution in [1.29, 1.82) is 0 Å². The molecule has 34 heavy (non-hydrogen) atoms. The van der Waals surface area contributed by atoms with E-state index in [1.807, 2.05) is 35.8 Å². The third-order valence-corrected chi connectivity index (χ3v) is 6.30. The van der Waals surface area contributed by atoms with Gasteiger partial charge in [0.1, 0.15) is 22.8 Å². The van der Waals surface area contributed by atoms with Gasteiger partial charge in [-0.05, 0) is 48.6 Å². The normalized spacial score (nSPS) is 15.0. The number of pyridine rings is 1. The fraction of sp³-hybridized carbons (Fsp3) is 0.407. The molecule has 0 fully saturated rings. The fourth-order valence-corrected chi connectivity index (χ4v) is 4.52. The van der Waals surface area contributed by atoms with Crippen LogP contribution in [-0.4, -0.2) is 36.0 Å². The summed E-state index contributed by atoms with van der Waals surface area (Å²) < 4.78 is 19.2. The first kappa shape index (κ1) is 23.8. The van der Waals surface area contributed by atoms with Gasteiger partial charge in [-0.3, -0.25) is 4.79 Å². The van der Waals surface area contributed by atoms with E-state index in [0.717, 1.165) is 34.6 Å². The standard InChI is InChI=1S/C27H31NO6/c1-16-7-8-23(34-16)19-13-18-17(11-24(19)33-10-6-9-32-5)12-25(27(2,3)4)28-15-20(26(30)31)22(29)14-21(18)28/h7-8,11,13-15,25H,6,9-10,12H2,1-5H3,(H,30,31). The lowest BCUT2D eigenvalue weighted by molar-refractivity contribution is 0.0693. The van der Waals surface area contributed by atoms with Crippen molar-refractivity contribution in [3.63, 3.8) is 0 Å². The van der Waals surface area contributed by atoms with Gasteiger partial charge in [-0.2, -0.15) is 0 Å². The number of nitrogens with zero attached hydrogens (tertiary/aromatic N) is 1. The maximum atomic E-state index is 12.7. The van der Waals surface area contributed by atoms with Crippen LogP contribution in [0.4, 0.5) is 0 Å². The lowest BCUT2D eigenvalue weighted by atomic mass is 9.78. The van der Waals surface area contributed by atoms with Gasteiger partial charge < -0.3 is 23.6 Å². The molecule has 0 saturated heterocycles. The number of benzene rings is 1. The lowest BCUT2D eigenvalue weighted by Crippen LogP contribution is -2.32. The zero-order valence-electron chi connectivity index (χ0n) is 20.3. The van der Waals surface area contributed by atoms with Crippen LogP contribution in [0.2, 0.25) is 0 Å². The molecule has 7 heteroatoms. The van der Waals surface area contributed by atoms with Crippen LogP contribution in [0.3, 0.4) is 0 Å². The minimum Gasteiger partial charge on any atom is -0.493 e. The topological polar surface area (TPSA) is 90.9 Å². The van der Waals surface area contributed by atoms with Crippen molar-refractivity contribution in [3.8, 4) is 28.3 Å². The number of aromatic nitrogens is 1. The Bertz CT molecular complexity index is 1280. The summed E-state index contributed by atoms with van der Waals surface area (Å²) >= 11 is 0.